The molecule has 27 heavy (non-hydrogen) atoms. The van der Waals surface area contributed by atoms with Gasteiger partial charge >= 0.3 is 0 Å². The molecule has 1 aliphatic heterocycles. The van der Waals surface area contributed by atoms with E-state index >= 15 is 0 Å². The Labute approximate surface area is 167 Å². The Balaban J connectivity index is 2.04. The lowest BCUT2D eigenvalue weighted by atomic mass is 10.1. The summed E-state index contributed by atoms with van der Waals surface area (Å²) in [5.74, 6) is 1.50. The second-order valence-electron chi connectivity index (χ2n) is 5.87. The summed E-state index contributed by atoms with van der Waals surface area (Å²) in [5, 5.41) is 1.52. The van der Waals surface area contributed by atoms with Crippen molar-refractivity contribution < 1.29 is 19.0 Å². The molecule has 1 aliphatic rings. The summed E-state index contributed by atoms with van der Waals surface area (Å²) in [6.45, 7) is 3.87. The maximum atomic E-state index is 13.0. The van der Waals surface area contributed by atoms with Crippen molar-refractivity contribution in [2.24, 2.45) is 0 Å². The molecule has 1 aromatic heterocycles. The van der Waals surface area contributed by atoms with E-state index in [1.807, 2.05) is 30.7 Å². The van der Waals surface area contributed by atoms with Gasteiger partial charge in [0.15, 0.2) is 15.8 Å². The van der Waals surface area contributed by atoms with Gasteiger partial charge in [0, 0.05) is 23.0 Å². The first-order chi connectivity index (χ1) is 12.9. The average Bonchev–Trinajstić information content (AvgIpc) is 3.12. The molecule has 2 aromatic rings. The summed E-state index contributed by atoms with van der Waals surface area (Å²) >= 11 is 6.71. The molecule has 0 spiro atoms. The van der Waals surface area contributed by atoms with Crippen LogP contribution in [-0.2, 0) is 4.79 Å². The van der Waals surface area contributed by atoms with E-state index in [9.17, 15) is 4.79 Å². The number of benzene rings is 1. The number of hydrogen-bond acceptors (Lipinski definition) is 6. The van der Waals surface area contributed by atoms with E-state index in [0.29, 0.717) is 32.0 Å². The van der Waals surface area contributed by atoms with Gasteiger partial charge in [-0.2, -0.15) is 5.01 Å². The van der Waals surface area contributed by atoms with E-state index in [2.05, 4.69) is 0 Å². The Morgan fingerprint density at radius 2 is 1.52 bits per heavy atom. The Morgan fingerprint density at radius 1 is 0.963 bits per heavy atom. The fourth-order valence-electron chi connectivity index (χ4n) is 2.91. The lowest BCUT2D eigenvalue weighted by Crippen LogP contribution is -2.39. The molecule has 0 unspecified atom stereocenters. The van der Waals surface area contributed by atoms with Crippen molar-refractivity contribution in [1.82, 2.24) is 4.68 Å². The highest BCUT2D eigenvalue weighted by atomic mass is 32.2. The van der Waals surface area contributed by atoms with Crippen LogP contribution in [0.2, 0.25) is 0 Å². The van der Waals surface area contributed by atoms with Crippen LogP contribution in [0.5, 0.6) is 17.2 Å². The molecule has 142 valence electrons. The number of carbonyl (C=O) groups excluding carboxylic acids is 1. The van der Waals surface area contributed by atoms with Crippen LogP contribution >= 0.6 is 24.0 Å². The van der Waals surface area contributed by atoms with Gasteiger partial charge in [-0.3, -0.25) is 9.47 Å². The third-order valence-electron chi connectivity index (χ3n) is 4.23. The molecule has 0 bridgehead atoms. The van der Waals surface area contributed by atoms with Crippen LogP contribution in [0.25, 0.3) is 6.08 Å². The van der Waals surface area contributed by atoms with Crippen LogP contribution in [-0.4, -0.2) is 36.2 Å². The first-order valence-corrected chi connectivity index (χ1v) is 9.37. The van der Waals surface area contributed by atoms with Gasteiger partial charge < -0.3 is 14.2 Å². The van der Waals surface area contributed by atoms with Gasteiger partial charge in [0.2, 0.25) is 0 Å². The highest BCUT2D eigenvalue weighted by Gasteiger charge is 2.35. The zero-order chi connectivity index (χ0) is 19.7. The molecule has 0 aliphatic carbocycles. The average molecular weight is 405 g/mol. The fourth-order valence-corrected chi connectivity index (χ4v) is 4.15. The Hall–Kier alpha value is -2.45. The van der Waals surface area contributed by atoms with Crippen LogP contribution in [0.3, 0.4) is 0 Å². The topological polar surface area (TPSA) is 52.9 Å². The lowest BCUT2D eigenvalue weighted by Gasteiger charge is -2.20. The Kier molecular flexibility index (Phi) is 5.48. The highest BCUT2D eigenvalue weighted by molar-refractivity contribution is 8.27. The first kappa shape index (κ1) is 19.3. The molecule has 0 atom stereocenters. The van der Waals surface area contributed by atoms with E-state index in [4.69, 9.17) is 26.4 Å². The largest absolute Gasteiger partial charge is 0.496 e. The Morgan fingerprint density at radius 3 is 2.07 bits per heavy atom. The zero-order valence-corrected chi connectivity index (χ0v) is 17.4. The van der Waals surface area contributed by atoms with Crippen molar-refractivity contribution >= 4 is 40.3 Å². The van der Waals surface area contributed by atoms with Crippen molar-refractivity contribution in [2.75, 3.05) is 26.3 Å². The van der Waals surface area contributed by atoms with Gasteiger partial charge in [-0.15, -0.1) is 0 Å². The number of hydrogen-bond donors (Lipinski definition) is 0. The number of rotatable bonds is 5. The van der Waals surface area contributed by atoms with E-state index in [1.165, 1.54) is 16.8 Å². The smallest absolute Gasteiger partial charge is 0.285 e. The second-order valence-corrected chi connectivity index (χ2v) is 7.55. The number of methoxy groups -OCH3 is 3. The SMILES string of the molecule is COc1cc(OC)c(OC)cc1/C=C1/SC(=S)N(n2c(C)ccc2C)C1=O. The van der Waals surface area contributed by atoms with E-state index < -0.39 is 0 Å². The molecule has 1 amide bonds. The van der Waals surface area contributed by atoms with Crippen LogP contribution in [0.15, 0.2) is 29.2 Å². The maximum absolute atomic E-state index is 13.0. The molecule has 1 aromatic carbocycles. The molecular weight excluding hydrogens is 384 g/mol. The van der Waals surface area contributed by atoms with Crippen molar-refractivity contribution in [3.63, 3.8) is 0 Å². The normalized spacial score (nSPS) is 15.6. The number of thiocarbonyl (C=S) groups is 1. The summed E-state index contributed by atoms with van der Waals surface area (Å²) in [6, 6.07) is 7.41. The molecule has 1 fully saturated rings. The second kappa shape index (κ2) is 7.66. The predicted molar refractivity (Wildman–Crippen MR) is 111 cm³/mol. The lowest BCUT2D eigenvalue weighted by molar-refractivity contribution is -0.114. The minimum atomic E-state index is -0.177. The summed E-state index contributed by atoms with van der Waals surface area (Å²) in [6.07, 6.45) is 1.76. The molecule has 0 radical (unpaired) electrons. The Bertz CT molecular complexity index is 930. The highest BCUT2D eigenvalue weighted by Crippen LogP contribution is 2.39. The number of nitrogens with zero attached hydrogens (tertiary/aromatic N) is 2. The van der Waals surface area contributed by atoms with Crippen molar-refractivity contribution in [2.45, 2.75) is 13.8 Å². The third-order valence-corrected chi connectivity index (χ3v) is 5.51. The quantitative estimate of drug-likeness (QED) is 0.560. The van der Waals surface area contributed by atoms with Crippen LogP contribution in [0, 0.1) is 13.8 Å². The number of aryl methyl sites for hydroxylation is 2. The standard InChI is InChI=1S/C19H20N2O4S2/c1-11-6-7-12(2)20(11)21-18(22)17(27-19(21)26)9-13-8-15(24-4)16(25-5)10-14(13)23-3/h6-10H,1-5H3/b17-9+. The van der Waals surface area contributed by atoms with Gasteiger partial charge in [0.05, 0.1) is 26.2 Å². The van der Waals surface area contributed by atoms with Gasteiger partial charge in [-0.1, -0.05) is 11.8 Å². The molecule has 2 heterocycles. The minimum absolute atomic E-state index is 0.177. The summed E-state index contributed by atoms with van der Waals surface area (Å²) < 4.78 is 18.4. The predicted octanol–water partition coefficient (Wildman–Crippen LogP) is 3.67. The van der Waals surface area contributed by atoms with Crippen molar-refractivity contribution in [3.8, 4) is 17.2 Å². The molecular formula is C19H20N2O4S2. The summed E-state index contributed by atoms with van der Waals surface area (Å²) in [4.78, 5) is 13.5. The molecule has 8 heteroatoms. The number of ether oxygens (including phenoxy) is 3. The number of thioether (sulfide) groups is 1. The van der Waals surface area contributed by atoms with Crippen LogP contribution < -0.4 is 19.2 Å². The number of aromatic nitrogens is 1. The zero-order valence-electron chi connectivity index (χ0n) is 15.7. The molecule has 0 saturated carbocycles. The van der Waals surface area contributed by atoms with E-state index in [-0.39, 0.29) is 5.91 Å². The van der Waals surface area contributed by atoms with Crippen molar-refractivity contribution in [3.05, 3.63) is 46.1 Å². The minimum Gasteiger partial charge on any atom is -0.496 e. The maximum Gasteiger partial charge on any atom is 0.285 e. The van der Waals surface area contributed by atoms with Crippen LogP contribution in [0.4, 0.5) is 0 Å². The number of carbonyl (C=O) groups is 1. The molecule has 3 rings (SSSR count). The van der Waals surface area contributed by atoms with Gasteiger partial charge in [0.25, 0.3) is 5.91 Å². The van der Waals surface area contributed by atoms with Crippen LogP contribution in [0.1, 0.15) is 17.0 Å². The van der Waals surface area contributed by atoms with E-state index in [1.54, 1.807) is 39.5 Å². The van der Waals surface area contributed by atoms with Gasteiger partial charge in [-0.25, -0.2) is 0 Å². The van der Waals surface area contributed by atoms with Gasteiger partial charge in [0.1, 0.15) is 5.75 Å². The fraction of sp³-hybridized carbons (Fsp3) is 0.263. The first-order valence-electron chi connectivity index (χ1n) is 8.14. The summed E-state index contributed by atoms with van der Waals surface area (Å²) in [7, 11) is 4.69. The van der Waals surface area contributed by atoms with Crippen molar-refractivity contribution in [1.29, 1.82) is 0 Å². The third kappa shape index (κ3) is 3.42. The van der Waals surface area contributed by atoms with E-state index in [0.717, 1.165) is 11.4 Å². The monoisotopic (exact) mass is 404 g/mol. The molecule has 0 N–H and O–H groups in total. The summed E-state index contributed by atoms with van der Waals surface area (Å²) in [5.41, 5.74) is 2.58. The van der Waals surface area contributed by atoms with Gasteiger partial charge in [-0.05, 0) is 50.3 Å². The number of amides is 1. The molecule has 6 nitrogen and oxygen atoms in total. The molecule has 1 saturated heterocycles.